The molecule has 1 unspecified atom stereocenters. The summed E-state index contributed by atoms with van der Waals surface area (Å²) in [6.07, 6.45) is 0.416. The maximum Gasteiger partial charge on any atom is 0.221 e. The van der Waals surface area contributed by atoms with Crippen LogP contribution >= 0.6 is 35.0 Å². The van der Waals surface area contributed by atoms with Crippen LogP contribution in [0.2, 0.25) is 10.0 Å². The van der Waals surface area contributed by atoms with E-state index in [1.54, 1.807) is 30.0 Å². The SMILES string of the molecule is CC(NC(=O)CC(C)(C)C)c1nnc(SCc2ccccc2)n1-c1cc(Cl)ccc1Cl. The number of carbonyl (C=O) groups excluding carboxylic acids is 1. The Balaban J connectivity index is 1.94. The van der Waals surface area contributed by atoms with Crippen LogP contribution in [0.15, 0.2) is 53.7 Å². The van der Waals surface area contributed by atoms with Crippen LogP contribution < -0.4 is 5.32 Å². The summed E-state index contributed by atoms with van der Waals surface area (Å²) in [7, 11) is 0. The van der Waals surface area contributed by atoms with Crippen molar-refractivity contribution in [1.29, 1.82) is 0 Å². The van der Waals surface area contributed by atoms with Crippen LogP contribution in [0, 0.1) is 5.41 Å². The van der Waals surface area contributed by atoms with Crippen LogP contribution in [0.25, 0.3) is 5.69 Å². The van der Waals surface area contributed by atoms with Gasteiger partial charge in [0.1, 0.15) is 0 Å². The van der Waals surface area contributed by atoms with Crippen LogP contribution in [0.1, 0.15) is 51.5 Å². The van der Waals surface area contributed by atoms with Gasteiger partial charge in [0, 0.05) is 17.2 Å². The van der Waals surface area contributed by atoms with Gasteiger partial charge < -0.3 is 5.32 Å². The molecule has 1 N–H and O–H groups in total. The summed E-state index contributed by atoms with van der Waals surface area (Å²) in [5.74, 6) is 1.29. The molecule has 0 fully saturated rings. The van der Waals surface area contributed by atoms with E-state index in [9.17, 15) is 4.79 Å². The Labute approximate surface area is 197 Å². The molecule has 1 heterocycles. The summed E-state index contributed by atoms with van der Waals surface area (Å²) >= 11 is 14.3. The van der Waals surface area contributed by atoms with Gasteiger partial charge in [0.05, 0.1) is 16.8 Å². The largest absolute Gasteiger partial charge is 0.346 e. The molecule has 164 valence electrons. The highest BCUT2D eigenvalue weighted by Gasteiger charge is 2.24. The monoisotopic (exact) mass is 476 g/mol. The molecule has 3 rings (SSSR count). The van der Waals surface area contributed by atoms with Gasteiger partial charge in [-0.2, -0.15) is 0 Å². The molecule has 1 aromatic heterocycles. The Hall–Kier alpha value is -2.02. The predicted molar refractivity (Wildman–Crippen MR) is 128 cm³/mol. The Morgan fingerprint density at radius 3 is 2.52 bits per heavy atom. The van der Waals surface area contributed by atoms with Gasteiger partial charge in [-0.15, -0.1) is 10.2 Å². The zero-order valence-corrected chi connectivity index (χ0v) is 20.4. The third kappa shape index (κ3) is 6.48. The first-order valence-electron chi connectivity index (χ1n) is 10.0. The Bertz CT molecular complexity index is 1050. The molecular formula is C23H26Cl2N4OS. The van der Waals surface area contributed by atoms with Crippen molar-refractivity contribution in [3.8, 4) is 5.69 Å². The van der Waals surface area contributed by atoms with Crippen molar-refractivity contribution < 1.29 is 4.79 Å². The second kappa shape index (κ2) is 10.1. The number of rotatable bonds is 7. The van der Waals surface area contributed by atoms with E-state index < -0.39 is 0 Å². The lowest BCUT2D eigenvalue weighted by Gasteiger charge is -2.21. The summed E-state index contributed by atoms with van der Waals surface area (Å²) in [6, 6.07) is 15.0. The van der Waals surface area contributed by atoms with Crippen molar-refractivity contribution in [3.05, 3.63) is 70.0 Å². The standard InChI is InChI=1S/C23H26Cl2N4OS/c1-15(26-20(30)13-23(2,3)4)21-27-28-22(31-14-16-8-6-5-7-9-16)29(21)19-12-17(24)10-11-18(19)25/h5-12,15H,13-14H2,1-4H3,(H,26,30). The Morgan fingerprint density at radius 1 is 1.13 bits per heavy atom. The quantitative estimate of drug-likeness (QED) is 0.396. The van der Waals surface area contributed by atoms with E-state index >= 15 is 0 Å². The number of carbonyl (C=O) groups is 1. The van der Waals surface area contributed by atoms with Crippen LogP contribution in [0.4, 0.5) is 0 Å². The minimum atomic E-state index is -0.358. The van der Waals surface area contributed by atoms with Crippen LogP contribution in [0.3, 0.4) is 0 Å². The first-order valence-corrected chi connectivity index (χ1v) is 11.7. The van der Waals surface area contributed by atoms with E-state index in [0.717, 1.165) is 5.75 Å². The predicted octanol–water partition coefficient (Wildman–Crippen LogP) is 6.48. The first kappa shape index (κ1) is 23.6. The van der Waals surface area contributed by atoms with Crippen molar-refractivity contribution >= 4 is 40.9 Å². The van der Waals surface area contributed by atoms with E-state index in [1.807, 2.05) is 50.5 Å². The molecule has 5 nitrogen and oxygen atoms in total. The van der Waals surface area contributed by atoms with E-state index in [-0.39, 0.29) is 17.4 Å². The molecular weight excluding hydrogens is 451 g/mol. The number of hydrogen-bond donors (Lipinski definition) is 1. The second-order valence-electron chi connectivity index (χ2n) is 8.57. The van der Waals surface area contributed by atoms with Gasteiger partial charge in [0.2, 0.25) is 5.91 Å². The zero-order valence-electron chi connectivity index (χ0n) is 18.0. The average molecular weight is 477 g/mol. The van der Waals surface area contributed by atoms with E-state index in [0.29, 0.717) is 33.1 Å². The van der Waals surface area contributed by atoms with Crippen molar-refractivity contribution in [3.63, 3.8) is 0 Å². The summed E-state index contributed by atoms with van der Waals surface area (Å²) in [5.41, 5.74) is 1.75. The molecule has 31 heavy (non-hydrogen) atoms. The fraction of sp³-hybridized carbons (Fsp3) is 0.348. The van der Waals surface area contributed by atoms with Crippen LogP contribution in [-0.2, 0) is 10.5 Å². The molecule has 0 aliphatic carbocycles. The van der Waals surface area contributed by atoms with Gasteiger partial charge in [-0.25, -0.2) is 0 Å². The van der Waals surface area contributed by atoms with E-state index in [4.69, 9.17) is 23.2 Å². The number of thioether (sulfide) groups is 1. The second-order valence-corrected chi connectivity index (χ2v) is 10.4. The molecule has 0 aliphatic rings. The number of amides is 1. The highest BCUT2D eigenvalue weighted by atomic mass is 35.5. The van der Waals surface area contributed by atoms with Gasteiger partial charge in [-0.3, -0.25) is 9.36 Å². The lowest BCUT2D eigenvalue weighted by molar-refractivity contribution is -0.123. The summed E-state index contributed by atoms with van der Waals surface area (Å²) in [5, 5.41) is 13.6. The molecule has 0 aliphatic heterocycles. The molecule has 2 aromatic carbocycles. The van der Waals surface area contributed by atoms with Crippen LogP contribution in [0.5, 0.6) is 0 Å². The minimum absolute atomic E-state index is 0.0368. The van der Waals surface area contributed by atoms with Gasteiger partial charge in [-0.1, -0.05) is 86.1 Å². The van der Waals surface area contributed by atoms with E-state index in [2.05, 4.69) is 27.6 Å². The zero-order chi connectivity index (χ0) is 22.6. The van der Waals surface area contributed by atoms with Crippen molar-refractivity contribution in [1.82, 2.24) is 20.1 Å². The van der Waals surface area contributed by atoms with Crippen molar-refractivity contribution in [2.45, 2.75) is 51.1 Å². The van der Waals surface area contributed by atoms with Gasteiger partial charge in [0.15, 0.2) is 11.0 Å². The maximum atomic E-state index is 12.5. The number of benzene rings is 2. The topological polar surface area (TPSA) is 59.8 Å². The summed E-state index contributed by atoms with van der Waals surface area (Å²) < 4.78 is 1.88. The van der Waals surface area contributed by atoms with Crippen LogP contribution in [-0.4, -0.2) is 20.7 Å². The summed E-state index contributed by atoms with van der Waals surface area (Å²) in [6.45, 7) is 7.99. The normalized spacial score (nSPS) is 12.6. The number of nitrogens with one attached hydrogen (secondary N) is 1. The number of nitrogens with zero attached hydrogens (tertiary/aromatic N) is 3. The fourth-order valence-electron chi connectivity index (χ4n) is 3.10. The number of aromatic nitrogens is 3. The molecule has 1 atom stereocenters. The van der Waals surface area contributed by atoms with Crippen molar-refractivity contribution in [2.75, 3.05) is 0 Å². The minimum Gasteiger partial charge on any atom is -0.346 e. The first-order chi connectivity index (χ1) is 14.6. The molecule has 0 bridgehead atoms. The lowest BCUT2D eigenvalue weighted by atomic mass is 9.92. The average Bonchev–Trinajstić information content (AvgIpc) is 3.11. The molecule has 1 amide bonds. The van der Waals surface area contributed by atoms with Gasteiger partial charge in [0.25, 0.3) is 0 Å². The number of hydrogen-bond acceptors (Lipinski definition) is 4. The molecule has 0 saturated carbocycles. The molecule has 3 aromatic rings. The highest BCUT2D eigenvalue weighted by Crippen LogP contribution is 2.32. The molecule has 0 spiro atoms. The third-order valence-corrected chi connectivity index (χ3v) is 6.03. The van der Waals surface area contributed by atoms with E-state index in [1.165, 1.54) is 5.56 Å². The van der Waals surface area contributed by atoms with Gasteiger partial charge in [-0.05, 0) is 36.1 Å². The van der Waals surface area contributed by atoms with Gasteiger partial charge >= 0.3 is 0 Å². The third-order valence-electron chi connectivity index (χ3n) is 4.47. The maximum absolute atomic E-state index is 12.5. The fourth-order valence-corrected chi connectivity index (χ4v) is 4.38. The lowest BCUT2D eigenvalue weighted by Crippen LogP contribution is -2.31. The smallest absolute Gasteiger partial charge is 0.221 e. The highest BCUT2D eigenvalue weighted by molar-refractivity contribution is 7.98. The molecule has 8 heteroatoms. The Kier molecular flexibility index (Phi) is 7.68. The Morgan fingerprint density at radius 2 is 1.84 bits per heavy atom. The molecule has 0 saturated heterocycles. The van der Waals surface area contributed by atoms with Crippen molar-refractivity contribution in [2.24, 2.45) is 5.41 Å². The molecule has 0 radical (unpaired) electrons. The summed E-state index contributed by atoms with van der Waals surface area (Å²) in [4.78, 5) is 12.5. The number of halogens is 2.